The quantitative estimate of drug-likeness (QED) is 0.714. The molecule has 0 bridgehead atoms. The average molecular weight is 363 g/mol. The van der Waals surface area contributed by atoms with Gasteiger partial charge in [0.25, 0.3) is 5.91 Å². The summed E-state index contributed by atoms with van der Waals surface area (Å²) >= 11 is 0. The summed E-state index contributed by atoms with van der Waals surface area (Å²) < 4.78 is 10.4. The van der Waals surface area contributed by atoms with Crippen molar-refractivity contribution < 1.29 is 14.3 Å². The van der Waals surface area contributed by atoms with Gasteiger partial charge in [-0.05, 0) is 36.4 Å². The molecule has 1 N–H and O–H groups in total. The van der Waals surface area contributed by atoms with Gasteiger partial charge in [0.05, 0.1) is 26.1 Å². The Bertz CT molecular complexity index is 912. The van der Waals surface area contributed by atoms with Crippen molar-refractivity contribution in [2.75, 3.05) is 31.5 Å². The molecule has 0 unspecified atom stereocenters. The Balaban J connectivity index is 1.72. The Labute approximate surface area is 158 Å². The van der Waals surface area contributed by atoms with E-state index in [-0.39, 0.29) is 5.91 Å². The third-order valence-electron chi connectivity index (χ3n) is 4.15. The van der Waals surface area contributed by atoms with Crippen molar-refractivity contribution in [3.8, 4) is 11.5 Å². The van der Waals surface area contributed by atoms with Crippen LogP contribution in [0.2, 0.25) is 0 Å². The number of rotatable bonds is 6. The Morgan fingerprint density at radius 2 is 1.67 bits per heavy atom. The minimum atomic E-state index is -0.295. The summed E-state index contributed by atoms with van der Waals surface area (Å²) in [6.45, 7) is 0. The standard InChI is InChI=1S/C21H21N3O3/c1-24(16-7-5-4-6-8-16)17-10-11-18(22-14-17)21(25)23-15-9-12-19(26-2)20(13-15)27-3/h4-14H,1-3H3,(H,23,25). The van der Waals surface area contributed by atoms with E-state index in [1.807, 2.05) is 48.3 Å². The van der Waals surface area contributed by atoms with Gasteiger partial charge in [0.15, 0.2) is 11.5 Å². The highest BCUT2D eigenvalue weighted by Crippen LogP contribution is 2.30. The normalized spacial score (nSPS) is 10.2. The molecule has 0 aliphatic heterocycles. The molecule has 2 aromatic carbocycles. The molecule has 0 spiro atoms. The molecule has 27 heavy (non-hydrogen) atoms. The number of pyridine rings is 1. The predicted octanol–water partition coefficient (Wildman–Crippen LogP) is 4.12. The second kappa shape index (κ2) is 8.23. The summed E-state index contributed by atoms with van der Waals surface area (Å²) in [7, 11) is 5.07. The summed E-state index contributed by atoms with van der Waals surface area (Å²) in [4.78, 5) is 18.8. The number of aromatic nitrogens is 1. The highest BCUT2D eigenvalue weighted by atomic mass is 16.5. The SMILES string of the molecule is COc1ccc(NC(=O)c2ccc(N(C)c3ccccc3)cn2)cc1OC. The van der Waals surface area contributed by atoms with Crippen LogP contribution in [0.4, 0.5) is 17.1 Å². The zero-order chi connectivity index (χ0) is 19.2. The lowest BCUT2D eigenvalue weighted by molar-refractivity contribution is 0.102. The summed E-state index contributed by atoms with van der Waals surface area (Å²) in [5.74, 6) is 0.848. The van der Waals surface area contributed by atoms with Crippen LogP contribution in [0.5, 0.6) is 11.5 Å². The molecule has 1 amide bonds. The van der Waals surface area contributed by atoms with E-state index in [4.69, 9.17) is 9.47 Å². The first-order valence-corrected chi connectivity index (χ1v) is 8.40. The number of para-hydroxylation sites is 1. The molecule has 3 rings (SSSR count). The molecule has 0 saturated carbocycles. The minimum Gasteiger partial charge on any atom is -0.493 e. The molecular weight excluding hydrogens is 342 g/mol. The zero-order valence-corrected chi connectivity index (χ0v) is 15.5. The second-order valence-corrected chi connectivity index (χ2v) is 5.82. The lowest BCUT2D eigenvalue weighted by Gasteiger charge is -2.19. The van der Waals surface area contributed by atoms with E-state index in [9.17, 15) is 4.79 Å². The van der Waals surface area contributed by atoms with Crippen LogP contribution in [0, 0.1) is 0 Å². The third kappa shape index (κ3) is 4.17. The van der Waals surface area contributed by atoms with Crippen LogP contribution < -0.4 is 19.7 Å². The van der Waals surface area contributed by atoms with Gasteiger partial charge >= 0.3 is 0 Å². The number of anilines is 3. The topological polar surface area (TPSA) is 63.7 Å². The van der Waals surface area contributed by atoms with Gasteiger partial charge in [-0.1, -0.05) is 18.2 Å². The highest BCUT2D eigenvalue weighted by Gasteiger charge is 2.11. The average Bonchev–Trinajstić information content (AvgIpc) is 2.73. The van der Waals surface area contributed by atoms with Gasteiger partial charge in [-0.3, -0.25) is 4.79 Å². The van der Waals surface area contributed by atoms with Gasteiger partial charge in [-0.2, -0.15) is 0 Å². The van der Waals surface area contributed by atoms with E-state index in [1.54, 1.807) is 44.7 Å². The van der Waals surface area contributed by atoms with Gasteiger partial charge in [0.1, 0.15) is 5.69 Å². The fourth-order valence-corrected chi connectivity index (χ4v) is 2.63. The fraction of sp³-hybridized carbons (Fsp3) is 0.143. The number of benzene rings is 2. The van der Waals surface area contributed by atoms with Crippen molar-refractivity contribution >= 4 is 23.0 Å². The molecule has 3 aromatic rings. The van der Waals surface area contributed by atoms with Crippen LogP contribution in [0.3, 0.4) is 0 Å². The van der Waals surface area contributed by atoms with Crippen LogP contribution in [-0.2, 0) is 0 Å². The first-order valence-electron chi connectivity index (χ1n) is 8.40. The predicted molar refractivity (Wildman–Crippen MR) is 106 cm³/mol. The van der Waals surface area contributed by atoms with E-state index in [0.717, 1.165) is 11.4 Å². The summed E-state index contributed by atoms with van der Waals surface area (Å²) in [6, 6.07) is 18.7. The number of carbonyl (C=O) groups excluding carboxylic acids is 1. The maximum absolute atomic E-state index is 12.5. The summed E-state index contributed by atoms with van der Waals surface area (Å²) in [6.07, 6.45) is 1.68. The van der Waals surface area contributed by atoms with Crippen molar-refractivity contribution in [1.29, 1.82) is 0 Å². The number of amides is 1. The Kier molecular flexibility index (Phi) is 5.56. The van der Waals surface area contributed by atoms with Crippen molar-refractivity contribution in [1.82, 2.24) is 4.98 Å². The van der Waals surface area contributed by atoms with Crippen LogP contribution >= 0.6 is 0 Å². The number of methoxy groups -OCH3 is 2. The van der Waals surface area contributed by atoms with Gasteiger partial charge in [-0.25, -0.2) is 4.98 Å². The van der Waals surface area contributed by atoms with Crippen molar-refractivity contribution in [3.63, 3.8) is 0 Å². The van der Waals surface area contributed by atoms with E-state index >= 15 is 0 Å². The van der Waals surface area contributed by atoms with Crippen LogP contribution in [0.15, 0.2) is 66.9 Å². The molecule has 138 valence electrons. The molecule has 6 heteroatoms. The number of carbonyl (C=O) groups is 1. The lowest BCUT2D eigenvalue weighted by atomic mass is 10.2. The van der Waals surface area contributed by atoms with E-state index in [0.29, 0.717) is 22.9 Å². The van der Waals surface area contributed by atoms with Gasteiger partial charge < -0.3 is 19.7 Å². The molecule has 0 atom stereocenters. The molecule has 6 nitrogen and oxygen atoms in total. The van der Waals surface area contributed by atoms with Gasteiger partial charge in [-0.15, -0.1) is 0 Å². The molecule has 0 saturated heterocycles. The summed E-state index contributed by atoms with van der Waals surface area (Å²) in [5.41, 5.74) is 2.87. The first kappa shape index (κ1) is 18.3. The highest BCUT2D eigenvalue weighted by molar-refractivity contribution is 6.03. The number of nitrogens with zero attached hydrogens (tertiary/aromatic N) is 2. The fourth-order valence-electron chi connectivity index (χ4n) is 2.63. The molecule has 0 fully saturated rings. The van der Waals surface area contributed by atoms with Crippen molar-refractivity contribution in [2.24, 2.45) is 0 Å². The van der Waals surface area contributed by atoms with E-state index < -0.39 is 0 Å². The molecule has 0 aliphatic rings. The Morgan fingerprint density at radius 3 is 2.30 bits per heavy atom. The zero-order valence-electron chi connectivity index (χ0n) is 15.5. The lowest BCUT2D eigenvalue weighted by Crippen LogP contribution is -2.15. The molecule has 0 aliphatic carbocycles. The molecule has 1 aromatic heterocycles. The largest absolute Gasteiger partial charge is 0.493 e. The van der Waals surface area contributed by atoms with Gasteiger partial charge in [0.2, 0.25) is 0 Å². The van der Waals surface area contributed by atoms with Crippen LogP contribution in [0.1, 0.15) is 10.5 Å². The second-order valence-electron chi connectivity index (χ2n) is 5.82. The number of hydrogen-bond donors (Lipinski definition) is 1. The Hall–Kier alpha value is -3.54. The van der Waals surface area contributed by atoms with Crippen LogP contribution in [-0.4, -0.2) is 32.2 Å². The summed E-state index contributed by atoms with van der Waals surface area (Å²) in [5, 5.41) is 2.81. The van der Waals surface area contributed by atoms with E-state index in [2.05, 4.69) is 10.3 Å². The number of nitrogens with one attached hydrogen (secondary N) is 1. The Morgan fingerprint density at radius 1 is 0.926 bits per heavy atom. The molecular formula is C21H21N3O3. The molecule has 1 heterocycles. The smallest absolute Gasteiger partial charge is 0.274 e. The number of hydrogen-bond acceptors (Lipinski definition) is 5. The monoisotopic (exact) mass is 363 g/mol. The third-order valence-corrected chi connectivity index (χ3v) is 4.15. The van der Waals surface area contributed by atoms with Crippen LogP contribution in [0.25, 0.3) is 0 Å². The van der Waals surface area contributed by atoms with Crippen molar-refractivity contribution in [3.05, 3.63) is 72.6 Å². The maximum Gasteiger partial charge on any atom is 0.274 e. The first-order chi connectivity index (χ1) is 13.1. The van der Waals surface area contributed by atoms with E-state index in [1.165, 1.54) is 0 Å². The minimum absolute atomic E-state index is 0.295. The maximum atomic E-state index is 12.5. The molecule has 0 radical (unpaired) electrons. The number of ether oxygens (including phenoxy) is 2. The van der Waals surface area contributed by atoms with Crippen molar-refractivity contribution in [2.45, 2.75) is 0 Å². The van der Waals surface area contributed by atoms with Gasteiger partial charge in [0, 0.05) is 24.5 Å².